The third-order valence-corrected chi connectivity index (χ3v) is 2.71. The number of nitro groups is 1. The Morgan fingerprint density at radius 3 is 2.53 bits per heavy atom. The predicted molar refractivity (Wildman–Crippen MR) is 70.5 cm³/mol. The van der Waals surface area contributed by atoms with Crippen LogP contribution in [0.4, 0.5) is 5.69 Å². The lowest BCUT2D eigenvalue weighted by atomic mass is 10.2. The van der Waals surface area contributed by atoms with Crippen molar-refractivity contribution in [2.24, 2.45) is 0 Å². The molecule has 0 aliphatic heterocycles. The minimum absolute atomic E-state index is 0.0538. The smallest absolute Gasteiger partial charge is 0.277 e. The minimum atomic E-state index is -0.499. The first-order valence-corrected chi connectivity index (χ1v) is 5.79. The number of nitro benzene ring substituents is 1. The van der Waals surface area contributed by atoms with Crippen molar-refractivity contribution in [1.82, 2.24) is 0 Å². The molecule has 19 heavy (non-hydrogen) atoms. The first kappa shape index (κ1) is 13.2. The molecule has 0 saturated carbocycles. The van der Waals surface area contributed by atoms with Crippen LogP contribution in [0.5, 0.6) is 11.5 Å². The largest absolute Gasteiger partial charge is 0.508 e. The lowest BCUT2D eigenvalue weighted by Crippen LogP contribution is -2.00. The summed E-state index contributed by atoms with van der Waals surface area (Å²) in [6, 6.07) is 10.5. The van der Waals surface area contributed by atoms with Crippen molar-refractivity contribution in [3.8, 4) is 11.5 Å². The fourth-order valence-electron chi connectivity index (χ4n) is 1.53. The molecule has 0 aliphatic carbocycles. The monoisotopic (exact) mass is 279 g/mol. The summed E-state index contributed by atoms with van der Waals surface area (Å²) in [6.07, 6.45) is 0. The Morgan fingerprint density at radius 2 is 1.89 bits per heavy atom. The summed E-state index contributed by atoms with van der Waals surface area (Å²) in [6.45, 7) is 0.0538. The van der Waals surface area contributed by atoms with E-state index in [9.17, 15) is 10.1 Å². The van der Waals surface area contributed by atoms with Gasteiger partial charge in [-0.1, -0.05) is 11.6 Å². The van der Waals surface area contributed by atoms with Crippen LogP contribution < -0.4 is 4.74 Å². The van der Waals surface area contributed by atoms with Gasteiger partial charge in [0.25, 0.3) is 5.69 Å². The van der Waals surface area contributed by atoms with E-state index in [1.807, 2.05) is 0 Å². The summed E-state index contributed by atoms with van der Waals surface area (Å²) >= 11 is 5.72. The maximum atomic E-state index is 10.9. The van der Waals surface area contributed by atoms with Gasteiger partial charge >= 0.3 is 0 Å². The second-order valence-corrected chi connectivity index (χ2v) is 4.25. The van der Waals surface area contributed by atoms with Crippen LogP contribution in [0, 0.1) is 10.1 Å². The molecule has 5 nitrogen and oxygen atoms in total. The Bertz CT molecular complexity index is 598. The fraction of sp³-hybridized carbons (Fsp3) is 0.0769. The van der Waals surface area contributed by atoms with Crippen LogP contribution in [0.25, 0.3) is 0 Å². The second-order valence-electron chi connectivity index (χ2n) is 3.81. The summed E-state index contributed by atoms with van der Waals surface area (Å²) in [5, 5.41) is 20.3. The zero-order valence-electron chi connectivity index (χ0n) is 9.75. The molecule has 6 heteroatoms. The molecule has 98 valence electrons. The number of phenolic OH excluding ortho intramolecular Hbond substituents is 1. The second kappa shape index (κ2) is 5.58. The van der Waals surface area contributed by atoms with Crippen molar-refractivity contribution in [1.29, 1.82) is 0 Å². The molecule has 2 rings (SSSR count). The number of rotatable bonds is 4. The number of aromatic hydroxyl groups is 1. The maximum absolute atomic E-state index is 10.9. The topological polar surface area (TPSA) is 72.6 Å². The van der Waals surface area contributed by atoms with E-state index in [-0.39, 0.29) is 18.0 Å². The summed E-state index contributed by atoms with van der Waals surface area (Å²) in [5.41, 5.74) is 0.355. The number of nitrogens with zero attached hydrogens (tertiary/aromatic N) is 1. The summed E-state index contributed by atoms with van der Waals surface area (Å²) in [7, 11) is 0. The highest BCUT2D eigenvalue weighted by Gasteiger charge is 2.14. The van der Waals surface area contributed by atoms with Crippen molar-refractivity contribution < 1.29 is 14.8 Å². The quantitative estimate of drug-likeness (QED) is 0.686. The Labute approximate surface area is 114 Å². The summed E-state index contributed by atoms with van der Waals surface area (Å²) in [5.74, 6) is 0.645. The van der Waals surface area contributed by atoms with E-state index in [1.165, 1.54) is 18.2 Å². The van der Waals surface area contributed by atoms with Crippen molar-refractivity contribution in [2.75, 3.05) is 0 Å². The van der Waals surface area contributed by atoms with Gasteiger partial charge in [-0.3, -0.25) is 10.1 Å². The van der Waals surface area contributed by atoms with Crippen molar-refractivity contribution in [3.05, 3.63) is 63.2 Å². The molecular weight excluding hydrogens is 270 g/mol. The molecule has 0 spiro atoms. The van der Waals surface area contributed by atoms with E-state index >= 15 is 0 Å². The SMILES string of the molecule is O=[N+]([O-])c1cc(Cl)ccc1COc1ccc(O)cc1. The first-order valence-electron chi connectivity index (χ1n) is 5.41. The molecule has 0 bridgehead atoms. The molecule has 0 aromatic heterocycles. The normalized spacial score (nSPS) is 10.2. The summed E-state index contributed by atoms with van der Waals surface area (Å²) in [4.78, 5) is 10.4. The fourth-order valence-corrected chi connectivity index (χ4v) is 1.70. The third-order valence-electron chi connectivity index (χ3n) is 2.48. The highest BCUT2D eigenvalue weighted by atomic mass is 35.5. The number of halogens is 1. The van der Waals surface area contributed by atoms with Gasteiger partial charge in [-0.15, -0.1) is 0 Å². The van der Waals surface area contributed by atoms with Crippen LogP contribution in [-0.2, 0) is 6.61 Å². The number of phenols is 1. The Morgan fingerprint density at radius 1 is 1.21 bits per heavy atom. The molecule has 2 aromatic carbocycles. The molecule has 0 saturated heterocycles. The predicted octanol–water partition coefficient (Wildman–Crippen LogP) is 3.53. The lowest BCUT2D eigenvalue weighted by Gasteiger charge is -2.07. The average molecular weight is 280 g/mol. The van der Waals surface area contributed by atoms with Crippen molar-refractivity contribution >= 4 is 17.3 Å². The Hall–Kier alpha value is -2.27. The Kier molecular flexibility index (Phi) is 3.87. The zero-order valence-corrected chi connectivity index (χ0v) is 10.5. The third kappa shape index (κ3) is 3.35. The van der Waals surface area contributed by atoms with Gasteiger partial charge in [0.2, 0.25) is 0 Å². The lowest BCUT2D eigenvalue weighted by molar-refractivity contribution is -0.385. The van der Waals surface area contributed by atoms with Gasteiger partial charge in [-0.25, -0.2) is 0 Å². The van der Waals surface area contributed by atoms with E-state index in [4.69, 9.17) is 21.4 Å². The highest BCUT2D eigenvalue weighted by molar-refractivity contribution is 6.30. The average Bonchev–Trinajstić information content (AvgIpc) is 2.39. The molecule has 0 radical (unpaired) electrons. The van der Waals surface area contributed by atoms with Crippen LogP contribution in [0.3, 0.4) is 0 Å². The minimum Gasteiger partial charge on any atom is -0.508 e. The van der Waals surface area contributed by atoms with Crippen LogP contribution in [0.2, 0.25) is 5.02 Å². The van der Waals surface area contributed by atoms with Gasteiger partial charge in [0.05, 0.1) is 10.5 Å². The molecule has 0 aliphatic rings. The molecule has 0 fully saturated rings. The van der Waals surface area contributed by atoms with Crippen molar-refractivity contribution in [2.45, 2.75) is 6.61 Å². The van der Waals surface area contributed by atoms with Crippen LogP contribution >= 0.6 is 11.6 Å². The van der Waals surface area contributed by atoms with Crippen molar-refractivity contribution in [3.63, 3.8) is 0 Å². The number of hydrogen-bond acceptors (Lipinski definition) is 4. The first-order chi connectivity index (χ1) is 9.06. The van der Waals surface area contributed by atoms with Gasteiger partial charge in [-0.05, 0) is 36.4 Å². The van der Waals surface area contributed by atoms with Gasteiger partial charge < -0.3 is 9.84 Å². The highest BCUT2D eigenvalue weighted by Crippen LogP contribution is 2.25. The molecule has 0 unspecified atom stereocenters. The number of benzene rings is 2. The molecular formula is C13H10ClNO4. The van der Waals surface area contributed by atoms with E-state index in [1.54, 1.807) is 24.3 Å². The van der Waals surface area contributed by atoms with Crippen LogP contribution in [0.15, 0.2) is 42.5 Å². The van der Waals surface area contributed by atoms with Gasteiger partial charge in [0.15, 0.2) is 0 Å². The van der Waals surface area contributed by atoms with E-state index < -0.39 is 4.92 Å². The van der Waals surface area contributed by atoms with Gasteiger partial charge in [-0.2, -0.15) is 0 Å². The van der Waals surface area contributed by atoms with E-state index in [2.05, 4.69) is 0 Å². The van der Waals surface area contributed by atoms with Crippen LogP contribution in [-0.4, -0.2) is 10.0 Å². The number of hydrogen-bond donors (Lipinski definition) is 1. The van der Waals surface area contributed by atoms with E-state index in [0.29, 0.717) is 16.3 Å². The molecule has 1 N–H and O–H groups in total. The summed E-state index contributed by atoms with van der Waals surface area (Å²) < 4.78 is 5.42. The molecule has 0 amide bonds. The molecule has 0 heterocycles. The number of ether oxygens (including phenoxy) is 1. The van der Waals surface area contributed by atoms with Crippen LogP contribution in [0.1, 0.15) is 5.56 Å². The van der Waals surface area contributed by atoms with E-state index in [0.717, 1.165) is 0 Å². The Balaban J connectivity index is 2.15. The maximum Gasteiger partial charge on any atom is 0.277 e. The zero-order chi connectivity index (χ0) is 13.8. The van der Waals surface area contributed by atoms with Gasteiger partial charge in [0, 0.05) is 11.1 Å². The standard InChI is InChI=1S/C13H10ClNO4/c14-10-2-1-9(13(7-10)15(17)18)8-19-12-5-3-11(16)4-6-12/h1-7,16H,8H2. The molecule has 0 atom stereocenters. The molecule has 2 aromatic rings. The van der Waals surface area contributed by atoms with Gasteiger partial charge in [0.1, 0.15) is 18.1 Å².